The molecule has 1 fully saturated rings. The van der Waals surface area contributed by atoms with Crippen molar-refractivity contribution in [2.75, 3.05) is 13.2 Å². The summed E-state index contributed by atoms with van der Waals surface area (Å²) in [5.74, 6) is 0.283. The SMILES string of the molecule is CCCCN1CNC(CC)C1=O. The number of hydrogen-bond donors (Lipinski definition) is 1. The van der Waals surface area contributed by atoms with Crippen molar-refractivity contribution in [1.82, 2.24) is 10.2 Å². The molecule has 1 aliphatic heterocycles. The molecule has 12 heavy (non-hydrogen) atoms. The molecule has 0 aromatic carbocycles. The topological polar surface area (TPSA) is 32.3 Å². The number of carbonyl (C=O) groups is 1. The third-order valence-corrected chi connectivity index (χ3v) is 2.33. The maximum Gasteiger partial charge on any atom is 0.240 e. The largest absolute Gasteiger partial charge is 0.329 e. The number of nitrogens with one attached hydrogen (secondary N) is 1. The molecule has 1 atom stereocenters. The number of rotatable bonds is 4. The van der Waals surface area contributed by atoms with Gasteiger partial charge in [0.2, 0.25) is 5.91 Å². The summed E-state index contributed by atoms with van der Waals surface area (Å²) in [7, 11) is 0. The molecule has 0 aromatic rings. The molecule has 1 heterocycles. The molecule has 3 nitrogen and oxygen atoms in total. The van der Waals surface area contributed by atoms with Crippen LogP contribution in [0.3, 0.4) is 0 Å². The first-order chi connectivity index (χ1) is 5.79. The quantitative estimate of drug-likeness (QED) is 0.681. The molecular weight excluding hydrogens is 152 g/mol. The first-order valence-corrected chi connectivity index (χ1v) is 4.81. The number of amides is 1. The van der Waals surface area contributed by atoms with Crippen molar-refractivity contribution in [2.45, 2.75) is 39.2 Å². The highest BCUT2D eigenvalue weighted by Crippen LogP contribution is 2.07. The Kier molecular flexibility index (Phi) is 3.53. The molecule has 0 aromatic heterocycles. The Morgan fingerprint density at radius 2 is 2.33 bits per heavy atom. The van der Waals surface area contributed by atoms with Crippen LogP contribution in [0.5, 0.6) is 0 Å². The monoisotopic (exact) mass is 170 g/mol. The summed E-state index contributed by atoms with van der Waals surface area (Å²) in [4.78, 5) is 13.4. The molecule has 1 rings (SSSR count). The maximum absolute atomic E-state index is 11.5. The predicted molar refractivity (Wildman–Crippen MR) is 48.7 cm³/mol. The molecule has 0 saturated carbocycles. The van der Waals surface area contributed by atoms with Crippen molar-refractivity contribution in [3.63, 3.8) is 0 Å². The highest BCUT2D eigenvalue weighted by molar-refractivity contribution is 5.83. The summed E-state index contributed by atoms with van der Waals surface area (Å²) >= 11 is 0. The average Bonchev–Trinajstić information content (AvgIpc) is 2.43. The van der Waals surface area contributed by atoms with Gasteiger partial charge >= 0.3 is 0 Å². The lowest BCUT2D eigenvalue weighted by Crippen LogP contribution is -2.30. The van der Waals surface area contributed by atoms with Crippen molar-refractivity contribution in [3.05, 3.63) is 0 Å². The van der Waals surface area contributed by atoms with Gasteiger partial charge in [0.25, 0.3) is 0 Å². The van der Waals surface area contributed by atoms with Crippen LogP contribution in [-0.2, 0) is 4.79 Å². The van der Waals surface area contributed by atoms with E-state index in [1.165, 1.54) is 0 Å². The van der Waals surface area contributed by atoms with E-state index in [0.717, 1.165) is 32.5 Å². The highest BCUT2D eigenvalue weighted by Gasteiger charge is 2.28. The van der Waals surface area contributed by atoms with Crippen molar-refractivity contribution >= 4 is 5.91 Å². The molecule has 0 radical (unpaired) electrons. The fourth-order valence-electron chi connectivity index (χ4n) is 1.46. The van der Waals surface area contributed by atoms with Gasteiger partial charge in [-0.1, -0.05) is 20.3 Å². The predicted octanol–water partition coefficient (Wildman–Crippen LogP) is 0.954. The van der Waals surface area contributed by atoms with Gasteiger partial charge in [0.05, 0.1) is 12.7 Å². The van der Waals surface area contributed by atoms with Crippen LogP contribution in [0.25, 0.3) is 0 Å². The second-order valence-corrected chi connectivity index (χ2v) is 3.28. The van der Waals surface area contributed by atoms with Gasteiger partial charge in [-0.25, -0.2) is 0 Å². The van der Waals surface area contributed by atoms with Crippen LogP contribution < -0.4 is 5.32 Å². The van der Waals surface area contributed by atoms with Crippen LogP contribution in [0.2, 0.25) is 0 Å². The minimum Gasteiger partial charge on any atom is -0.329 e. The molecular formula is C9H18N2O. The summed E-state index contributed by atoms with van der Waals surface area (Å²) in [6, 6.07) is 0.0851. The Labute approximate surface area is 74.1 Å². The van der Waals surface area contributed by atoms with Gasteiger partial charge < -0.3 is 4.90 Å². The van der Waals surface area contributed by atoms with E-state index in [9.17, 15) is 4.79 Å². The van der Waals surface area contributed by atoms with Gasteiger partial charge in [0.1, 0.15) is 0 Å². The fourth-order valence-corrected chi connectivity index (χ4v) is 1.46. The van der Waals surface area contributed by atoms with Crippen LogP contribution in [0, 0.1) is 0 Å². The van der Waals surface area contributed by atoms with Gasteiger partial charge in [0, 0.05) is 6.54 Å². The van der Waals surface area contributed by atoms with E-state index in [0.29, 0.717) is 0 Å². The molecule has 3 heteroatoms. The van der Waals surface area contributed by atoms with Crippen LogP contribution in [0.4, 0.5) is 0 Å². The molecule has 0 bridgehead atoms. The first kappa shape index (κ1) is 9.52. The van der Waals surface area contributed by atoms with E-state index in [-0.39, 0.29) is 11.9 Å². The first-order valence-electron chi connectivity index (χ1n) is 4.81. The van der Waals surface area contributed by atoms with E-state index in [1.807, 2.05) is 11.8 Å². The zero-order valence-corrected chi connectivity index (χ0v) is 7.97. The van der Waals surface area contributed by atoms with Gasteiger partial charge in [-0.2, -0.15) is 0 Å². The molecule has 70 valence electrons. The van der Waals surface area contributed by atoms with Crippen molar-refractivity contribution < 1.29 is 4.79 Å². The van der Waals surface area contributed by atoms with Crippen LogP contribution in [0.15, 0.2) is 0 Å². The fraction of sp³-hybridized carbons (Fsp3) is 0.889. The molecule has 1 amide bonds. The summed E-state index contributed by atoms with van der Waals surface area (Å²) in [6.45, 7) is 5.85. The van der Waals surface area contributed by atoms with Crippen molar-refractivity contribution in [2.24, 2.45) is 0 Å². The molecule has 1 aliphatic rings. The molecule has 1 saturated heterocycles. The maximum atomic E-state index is 11.5. The van der Waals surface area contributed by atoms with Crippen molar-refractivity contribution in [3.8, 4) is 0 Å². The number of unbranched alkanes of at least 4 members (excludes halogenated alkanes) is 1. The van der Waals surface area contributed by atoms with E-state index in [4.69, 9.17) is 0 Å². The van der Waals surface area contributed by atoms with Crippen LogP contribution in [0.1, 0.15) is 33.1 Å². The Bertz CT molecular complexity index is 159. The van der Waals surface area contributed by atoms with Crippen LogP contribution in [-0.4, -0.2) is 30.1 Å². The van der Waals surface area contributed by atoms with E-state index in [2.05, 4.69) is 12.2 Å². The van der Waals surface area contributed by atoms with E-state index >= 15 is 0 Å². The summed E-state index contributed by atoms with van der Waals surface area (Å²) in [5.41, 5.74) is 0. The summed E-state index contributed by atoms with van der Waals surface area (Å²) in [5, 5.41) is 3.19. The van der Waals surface area contributed by atoms with Gasteiger partial charge in [0.15, 0.2) is 0 Å². The normalized spacial score (nSPS) is 23.7. The molecule has 1 N–H and O–H groups in total. The Morgan fingerprint density at radius 3 is 2.83 bits per heavy atom. The lowest BCUT2D eigenvalue weighted by molar-refractivity contribution is -0.129. The van der Waals surface area contributed by atoms with Gasteiger partial charge in [-0.05, 0) is 12.8 Å². The zero-order chi connectivity index (χ0) is 8.97. The van der Waals surface area contributed by atoms with E-state index < -0.39 is 0 Å². The van der Waals surface area contributed by atoms with Crippen molar-refractivity contribution in [1.29, 1.82) is 0 Å². The third-order valence-electron chi connectivity index (χ3n) is 2.33. The highest BCUT2D eigenvalue weighted by atomic mass is 16.2. The lowest BCUT2D eigenvalue weighted by Gasteiger charge is -2.13. The molecule has 0 aliphatic carbocycles. The van der Waals surface area contributed by atoms with Crippen LogP contribution >= 0.6 is 0 Å². The summed E-state index contributed by atoms with van der Waals surface area (Å²) < 4.78 is 0. The number of nitrogens with zero attached hydrogens (tertiary/aromatic N) is 1. The standard InChI is InChI=1S/C9H18N2O/c1-3-5-6-11-7-10-8(4-2)9(11)12/h8,10H,3-7H2,1-2H3. The Morgan fingerprint density at radius 1 is 1.58 bits per heavy atom. The molecule has 0 spiro atoms. The second kappa shape index (κ2) is 4.45. The van der Waals surface area contributed by atoms with E-state index in [1.54, 1.807) is 0 Å². The Hall–Kier alpha value is -0.570. The second-order valence-electron chi connectivity index (χ2n) is 3.28. The lowest BCUT2D eigenvalue weighted by atomic mass is 10.2. The minimum atomic E-state index is 0.0851. The zero-order valence-electron chi connectivity index (χ0n) is 7.97. The summed E-state index contributed by atoms with van der Waals surface area (Å²) in [6.07, 6.45) is 3.17. The average molecular weight is 170 g/mol. The third kappa shape index (κ3) is 1.97. The molecule has 1 unspecified atom stereocenters. The Balaban J connectivity index is 2.33. The number of carbonyl (C=O) groups excluding carboxylic acids is 1. The minimum absolute atomic E-state index is 0.0851. The smallest absolute Gasteiger partial charge is 0.240 e. The van der Waals surface area contributed by atoms with Gasteiger partial charge in [-0.15, -0.1) is 0 Å². The van der Waals surface area contributed by atoms with Gasteiger partial charge in [-0.3, -0.25) is 10.1 Å². The number of hydrogen-bond acceptors (Lipinski definition) is 2.